The van der Waals surface area contributed by atoms with E-state index in [2.05, 4.69) is 9.72 Å². The lowest BCUT2D eigenvalue weighted by Crippen LogP contribution is -2.30. The molecule has 0 saturated heterocycles. The Labute approximate surface area is 116 Å². The normalized spacial score (nSPS) is 10.1. The zero-order valence-corrected chi connectivity index (χ0v) is 11.4. The Kier molecular flexibility index (Phi) is 6.38. The molecule has 0 aromatic carbocycles. The van der Waals surface area contributed by atoms with Gasteiger partial charge in [0, 0.05) is 26.3 Å². The molecule has 0 fully saturated rings. The van der Waals surface area contributed by atoms with Crippen LogP contribution in [-0.2, 0) is 14.3 Å². The summed E-state index contributed by atoms with van der Waals surface area (Å²) in [4.78, 5) is 27.1. The first-order valence-corrected chi connectivity index (χ1v) is 5.99. The van der Waals surface area contributed by atoms with Crippen LogP contribution in [0, 0.1) is 10.1 Å². The standard InChI is InChI=1S/C12H17N3O5/c1-19-8-7-14(6-5-12(16)20-2)11-4-3-10(9-13-11)15(17)18/h3-4,9H,5-8H2,1-2H3. The number of aromatic nitrogens is 1. The summed E-state index contributed by atoms with van der Waals surface area (Å²) >= 11 is 0. The number of carbonyl (C=O) groups is 1. The van der Waals surface area contributed by atoms with Crippen LogP contribution in [0.25, 0.3) is 0 Å². The summed E-state index contributed by atoms with van der Waals surface area (Å²) in [5, 5.41) is 10.6. The van der Waals surface area contributed by atoms with Gasteiger partial charge >= 0.3 is 5.97 Å². The number of esters is 1. The van der Waals surface area contributed by atoms with Crippen LogP contribution >= 0.6 is 0 Å². The predicted molar refractivity (Wildman–Crippen MR) is 71.6 cm³/mol. The van der Waals surface area contributed by atoms with Gasteiger partial charge < -0.3 is 14.4 Å². The van der Waals surface area contributed by atoms with Crippen LogP contribution in [0.3, 0.4) is 0 Å². The van der Waals surface area contributed by atoms with Crippen molar-refractivity contribution in [2.45, 2.75) is 6.42 Å². The highest BCUT2D eigenvalue weighted by Gasteiger charge is 2.12. The zero-order valence-electron chi connectivity index (χ0n) is 11.4. The molecule has 1 heterocycles. The van der Waals surface area contributed by atoms with Crippen molar-refractivity contribution in [2.24, 2.45) is 0 Å². The molecule has 0 unspecified atom stereocenters. The van der Waals surface area contributed by atoms with Crippen molar-refractivity contribution in [1.29, 1.82) is 0 Å². The second-order valence-electron chi connectivity index (χ2n) is 3.94. The van der Waals surface area contributed by atoms with E-state index in [9.17, 15) is 14.9 Å². The molecule has 0 aliphatic rings. The Morgan fingerprint density at radius 3 is 2.65 bits per heavy atom. The molecule has 1 rings (SSSR count). The fraction of sp³-hybridized carbons (Fsp3) is 0.500. The zero-order chi connectivity index (χ0) is 15.0. The van der Waals surface area contributed by atoms with Gasteiger partial charge in [-0.05, 0) is 6.07 Å². The molecule has 0 atom stereocenters. The smallest absolute Gasteiger partial charge is 0.307 e. The number of carbonyl (C=O) groups excluding carboxylic acids is 1. The molecule has 0 amide bonds. The van der Waals surface area contributed by atoms with Crippen molar-refractivity contribution >= 4 is 17.5 Å². The van der Waals surface area contributed by atoms with E-state index in [-0.39, 0.29) is 18.1 Å². The minimum absolute atomic E-state index is 0.0755. The third-order valence-electron chi connectivity index (χ3n) is 2.65. The topological polar surface area (TPSA) is 94.8 Å². The summed E-state index contributed by atoms with van der Waals surface area (Å²) in [7, 11) is 2.90. The monoisotopic (exact) mass is 283 g/mol. The van der Waals surface area contributed by atoms with Gasteiger partial charge in [-0.2, -0.15) is 0 Å². The van der Waals surface area contributed by atoms with Crippen LogP contribution in [0.5, 0.6) is 0 Å². The van der Waals surface area contributed by atoms with E-state index in [1.807, 2.05) is 4.90 Å². The van der Waals surface area contributed by atoms with E-state index >= 15 is 0 Å². The highest BCUT2D eigenvalue weighted by molar-refractivity contribution is 5.69. The van der Waals surface area contributed by atoms with Gasteiger partial charge in [0.2, 0.25) is 0 Å². The average Bonchev–Trinajstić information content (AvgIpc) is 2.47. The third kappa shape index (κ3) is 4.81. The van der Waals surface area contributed by atoms with Crippen LogP contribution < -0.4 is 4.90 Å². The molecule has 1 aromatic heterocycles. The fourth-order valence-electron chi connectivity index (χ4n) is 1.54. The van der Waals surface area contributed by atoms with Crippen molar-refractivity contribution in [1.82, 2.24) is 4.98 Å². The number of anilines is 1. The van der Waals surface area contributed by atoms with Gasteiger partial charge in [0.15, 0.2) is 0 Å². The summed E-state index contributed by atoms with van der Waals surface area (Å²) in [6, 6.07) is 2.92. The summed E-state index contributed by atoms with van der Waals surface area (Å²) in [6.45, 7) is 1.39. The Balaban J connectivity index is 2.75. The second kappa shape index (κ2) is 8.05. The lowest BCUT2D eigenvalue weighted by Gasteiger charge is -2.22. The van der Waals surface area contributed by atoms with Crippen molar-refractivity contribution in [3.63, 3.8) is 0 Å². The summed E-state index contributed by atoms with van der Waals surface area (Å²) < 4.78 is 9.58. The molecule has 0 radical (unpaired) electrons. The van der Waals surface area contributed by atoms with Gasteiger partial charge in [-0.1, -0.05) is 0 Å². The Morgan fingerprint density at radius 1 is 1.40 bits per heavy atom. The van der Waals surface area contributed by atoms with Crippen molar-refractivity contribution in [2.75, 3.05) is 38.8 Å². The molecule has 0 aliphatic heterocycles. The number of rotatable bonds is 8. The Hall–Kier alpha value is -2.22. The van der Waals surface area contributed by atoms with Crippen molar-refractivity contribution in [3.8, 4) is 0 Å². The number of hydrogen-bond acceptors (Lipinski definition) is 7. The molecule has 8 nitrogen and oxygen atoms in total. The molecule has 0 aliphatic carbocycles. The minimum Gasteiger partial charge on any atom is -0.469 e. The van der Waals surface area contributed by atoms with Gasteiger partial charge in [-0.15, -0.1) is 0 Å². The molecule has 1 aromatic rings. The van der Waals surface area contributed by atoms with Gasteiger partial charge in [-0.25, -0.2) is 4.98 Å². The predicted octanol–water partition coefficient (Wildman–Crippen LogP) is 1.01. The number of nitro groups is 1. The fourth-order valence-corrected chi connectivity index (χ4v) is 1.54. The van der Waals surface area contributed by atoms with E-state index in [0.717, 1.165) is 0 Å². The molecule has 0 N–H and O–H groups in total. The molecule has 0 saturated carbocycles. The highest BCUT2D eigenvalue weighted by atomic mass is 16.6. The molecular weight excluding hydrogens is 266 g/mol. The Morgan fingerprint density at radius 2 is 2.15 bits per heavy atom. The average molecular weight is 283 g/mol. The SMILES string of the molecule is COCCN(CCC(=O)OC)c1ccc([N+](=O)[O-])cn1. The van der Waals surface area contributed by atoms with E-state index in [1.165, 1.54) is 19.4 Å². The van der Waals surface area contributed by atoms with Crippen LogP contribution in [0.4, 0.5) is 11.5 Å². The third-order valence-corrected chi connectivity index (χ3v) is 2.65. The van der Waals surface area contributed by atoms with Crippen molar-refractivity contribution < 1.29 is 19.2 Å². The van der Waals surface area contributed by atoms with Crippen LogP contribution in [0.2, 0.25) is 0 Å². The first-order chi connectivity index (χ1) is 9.58. The summed E-state index contributed by atoms with van der Waals surface area (Å²) in [5.74, 6) is 0.228. The van der Waals surface area contributed by atoms with E-state index in [0.29, 0.717) is 25.5 Å². The van der Waals surface area contributed by atoms with Crippen LogP contribution in [0.15, 0.2) is 18.3 Å². The number of pyridine rings is 1. The molecule has 0 spiro atoms. The maximum absolute atomic E-state index is 11.2. The number of ether oxygens (including phenoxy) is 2. The molecule has 8 heteroatoms. The van der Waals surface area contributed by atoms with Gasteiger partial charge in [0.25, 0.3) is 5.69 Å². The van der Waals surface area contributed by atoms with Gasteiger partial charge in [0.1, 0.15) is 12.0 Å². The number of nitrogens with zero attached hydrogens (tertiary/aromatic N) is 3. The number of hydrogen-bond donors (Lipinski definition) is 0. The van der Waals surface area contributed by atoms with Crippen LogP contribution in [0.1, 0.15) is 6.42 Å². The molecule has 20 heavy (non-hydrogen) atoms. The van der Waals surface area contributed by atoms with Gasteiger partial charge in [0.05, 0.1) is 25.1 Å². The van der Waals surface area contributed by atoms with E-state index in [4.69, 9.17) is 4.74 Å². The molecule has 0 bridgehead atoms. The Bertz CT molecular complexity index is 449. The van der Waals surface area contributed by atoms with Gasteiger partial charge in [-0.3, -0.25) is 14.9 Å². The maximum atomic E-state index is 11.2. The van der Waals surface area contributed by atoms with E-state index < -0.39 is 4.92 Å². The first-order valence-electron chi connectivity index (χ1n) is 5.99. The lowest BCUT2D eigenvalue weighted by molar-refractivity contribution is -0.385. The van der Waals surface area contributed by atoms with Crippen molar-refractivity contribution in [3.05, 3.63) is 28.4 Å². The quantitative estimate of drug-likeness (QED) is 0.399. The number of methoxy groups -OCH3 is 2. The minimum atomic E-state index is -0.509. The molecule has 110 valence electrons. The summed E-state index contributed by atoms with van der Waals surface area (Å²) in [6.07, 6.45) is 1.40. The van der Waals surface area contributed by atoms with Crippen LogP contribution in [-0.4, -0.2) is 49.8 Å². The lowest BCUT2D eigenvalue weighted by atomic mass is 10.3. The first kappa shape index (κ1) is 15.8. The maximum Gasteiger partial charge on any atom is 0.307 e. The molecular formula is C12H17N3O5. The second-order valence-corrected chi connectivity index (χ2v) is 3.94. The summed E-state index contributed by atoms with van der Waals surface area (Å²) in [5.41, 5.74) is -0.0755. The highest BCUT2D eigenvalue weighted by Crippen LogP contribution is 2.16. The van der Waals surface area contributed by atoms with E-state index in [1.54, 1.807) is 13.2 Å². The largest absolute Gasteiger partial charge is 0.469 e.